The first kappa shape index (κ1) is 21.9. The van der Waals surface area contributed by atoms with Crippen molar-refractivity contribution in [2.75, 3.05) is 25.6 Å². The number of hydrogen-bond donors (Lipinski definition) is 3. The topological polar surface area (TPSA) is 119 Å². The lowest BCUT2D eigenvalue weighted by Gasteiger charge is -2.31. The first-order valence-electron chi connectivity index (χ1n) is 11.8. The maximum atomic E-state index is 13.7. The van der Waals surface area contributed by atoms with Gasteiger partial charge in [0, 0.05) is 43.2 Å². The molecule has 2 unspecified atom stereocenters. The molecule has 1 saturated heterocycles. The van der Waals surface area contributed by atoms with E-state index < -0.39 is 24.2 Å². The minimum Gasteiger partial charge on any atom is -0.389 e. The van der Waals surface area contributed by atoms with Crippen LogP contribution in [0.5, 0.6) is 0 Å². The van der Waals surface area contributed by atoms with Crippen LogP contribution < -0.4 is 10.6 Å². The van der Waals surface area contributed by atoms with Gasteiger partial charge in [0.1, 0.15) is 23.4 Å². The van der Waals surface area contributed by atoms with Crippen LogP contribution in [0.2, 0.25) is 0 Å². The third-order valence-corrected chi connectivity index (χ3v) is 7.00. The molecule has 0 aromatic carbocycles. The van der Waals surface area contributed by atoms with E-state index in [1.54, 1.807) is 17.8 Å². The van der Waals surface area contributed by atoms with Crippen LogP contribution in [0.4, 0.5) is 10.2 Å². The Hall–Kier alpha value is -3.57. The fourth-order valence-electron chi connectivity index (χ4n) is 4.87. The summed E-state index contributed by atoms with van der Waals surface area (Å²) >= 11 is 0. The second-order valence-corrected chi connectivity index (χ2v) is 9.07. The van der Waals surface area contributed by atoms with Crippen molar-refractivity contribution in [3.05, 3.63) is 42.4 Å². The molecule has 3 N–H and O–H groups in total. The maximum Gasteiger partial charge on any atom is 0.257 e. The quantitative estimate of drug-likeness (QED) is 0.402. The highest BCUT2D eigenvalue weighted by Crippen LogP contribution is 2.37. The molecule has 1 saturated carbocycles. The van der Waals surface area contributed by atoms with Crippen LogP contribution in [0.15, 0.2) is 36.8 Å². The number of halogens is 1. The number of amides is 1. The van der Waals surface area contributed by atoms with Crippen LogP contribution in [0, 0.1) is 0 Å². The number of aliphatic hydroxyl groups excluding tert-OH is 1. The lowest BCUT2D eigenvalue weighted by molar-refractivity contribution is -0.0383. The number of pyridine rings is 1. The maximum absolute atomic E-state index is 13.7. The van der Waals surface area contributed by atoms with E-state index in [4.69, 9.17) is 9.72 Å². The average molecular weight is 480 g/mol. The van der Waals surface area contributed by atoms with Gasteiger partial charge in [0.2, 0.25) is 0 Å². The smallest absolute Gasteiger partial charge is 0.257 e. The predicted octanol–water partition coefficient (Wildman–Crippen LogP) is 2.29. The molecule has 2 aromatic rings. The molecule has 1 aliphatic carbocycles. The van der Waals surface area contributed by atoms with Gasteiger partial charge in [-0.25, -0.2) is 14.4 Å². The molecule has 0 bridgehead atoms. The van der Waals surface area contributed by atoms with Gasteiger partial charge in [0.15, 0.2) is 5.65 Å². The number of rotatable bonds is 5. The molecule has 35 heavy (non-hydrogen) atoms. The lowest BCUT2D eigenvalue weighted by atomic mass is 9.90. The summed E-state index contributed by atoms with van der Waals surface area (Å²) in [7, 11) is 1.77. The van der Waals surface area contributed by atoms with Crippen LogP contribution in [0.3, 0.4) is 0 Å². The fraction of sp³-hybridized carbons (Fsp3) is 0.417. The van der Waals surface area contributed by atoms with Crippen LogP contribution in [0.1, 0.15) is 35.7 Å². The second-order valence-electron chi connectivity index (χ2n) is 9.07. The monoisotopic (exact) mass is 479 g/mol. The van der Waals surface area contributed by atoms with Crippen molar-refractivity contribution in [1.82, 2.24) is 29.5 Å². The number of carbonyl (C=O) groups excluding carboxylic acids is 1. The molecule has 2 aromatic heterocycles. The van der Waals surface area contributed by atoms with Gasteiger partial charge in [0.05, 0.1) is 36.7 Å². The van der Waals surface area contributed by atoms with Gasteiger partial charge in [-0.05, 0) is 31.4 Å². The SMILES string of the molecule is CNc1cc(-c2cnc3n(C4CCOC[C@@H]4O)cccc2-3)nc2c(C(=O)NC3CC[C@H]3F)cnn12. The van der Waals surface area contributed by atoms with E-state index in [1.165, 1.54) is 6.20 Å². The molecule has 0 spiro atoms. The standard InChI is InChI=1S/C24H26FN7O3/c1-26-21-9-18(29-23-15(11-28-32(21)23)24(34)30-17-5-4-16(17)25)14-10-27-22-13(14)3-2-7-31(22)19-6-8-35-12-20(19)33/h2-3,7,9-11,16-17,19-20,26,33H,4-6,8,12H2,1H3,(H,30,34)/t16-,17?,19?,20+/m1/s1. The van der Waals surface area contributed by atoms with Gasteiger partial charge >= 0.3 is 0 Å². The average Bonchev–Trinajstić information content (AvgIpc) is 3.50. The van der Waals surface area contributed by atoms with E-state index in [1.807, 2.05) is 29.0 Å². The first-order valence-corrected chi connectivity index (χ1v) is 11.8. The molecule has 4 atom stereocenters. The minimum atomic E-state index is -1.01. The number of hydrogen-bond acceptors (Lipinski definition) is 7. The van der Waals surface area contributed by atoms with E-state index in [0.29, 0.717) is 49.6 Å². The number of aromatic nitrogens is 5. The van der Waals surface area contributed by atoms with E-state index in [-0.39, 0.29) is 11.6 Å². The molecule has 5 heterocycles. The number of ether oxygens (including phenoxy) is 1. The van der Waals surface area contributed by atoms with Crippen molar-refractivity contribution in [3.8, 4) is 22.6 Å². The zero-order chi connectivity index (χ0) is 24.1. The summed E-state index contributed by atoms with van der Waals surface area (Å²) in [5.41, 5.74) is 2.95. The Labute approximate surface area is 200 Å². The van der Waals surface area contributed by atoms with Crippen molar-refractivity contribution in [2.24, 2.45) is 0 Å². The van der Waals surface area contributed by atoms with Crippen LogP contribution in [-0.4, -0.2) is 73.7 Å². The molecule has 6 rings (SSSR count). The van der Waals surface area contributed by atoms with Gasteiger partial charge in [-0.3, -0.25) is 4.79 Å². The molecular formula is C24H26FN7O3. The Morgan fingerprint density at radius 3 is 2.89 bits per heavy atom. The van der Waals surface area contributed by atoms with E-state index >= 15 is 0 Å². The molecule has 2 fully saturated rings. The largest absolute Gasteiger partial charge is 0.389 e. The van der Waals surface area contributed by atoms with Crippen molar-refractivity contribution < 1.29 is 19.0 Å². The summed E-state index contributed by atoms with van der Waals surface area (Å²) in [4.78, 5) is 22.3. The van der Waals surface area contributed by atoms with Crippen LogP contribution in [-0.2, 0) is 4.74 Å². The number of alkyl halides is 1. The van der Waals surface area contributed by atoms with Gasteiger partial charge < -0.3 is 25.0 Å². The summed E-state index contributed by atoms with van der Waals surface area (Å²) in [5, 5.41) is 20.7. The highest BCUT2D eigenvalue weighted by Gasteiger charge is 2.33. The molecule has 4 aliphatic rings. The van der Waals surface area contributed by atoms with E-state index in [2.05, 4.69) is 20.7 Å². The number of aliphatic hydroxyl groups is 1. The highest BCUT2D eigenvalue weighted by molar-refractivity contribution is 6.00. The van der Waals surface area contributed by atoms with Gasteiger partial charge in [-0.1, -0.05) is 0 Å². The normalized spacial score (nSPS) is 24.4. The van der Waals surface area contributed by atoms with Gasteiger partial charge in [-0.2, -0.15) is 9.61 Å². The number of nitrogens with one attached hydrogen (secondary N) is 2. The summed E-state index contributed by atoms with van der Waals surface area (Å²) in [6.07, 6.45) is 5.28. The molecule has 11 heteroatoms. The Morgan fingerprint density at radius 2 is 2.14 bits per heavy atom. The minimum absolute atomic E-state index is 0.130. The molecule has 10 nitrogen and oxygen atoms in total. The summed E-state index contributed by atoms with van der Waals surface area (Å²) in [5.74, 6) is 0.997. The number of nitrogens with zero attached hydrogens (tertiary/aromatic N) is 5. The van der Waals surface area contributed by atoms with Crippen LogP contribution in [0.25, 0.3) is 28.3 Å². The fourth-order valence-corrected chi connectivity index (χ4v) is 4.87. The van der Waals surface area contributed by atoms with Crippen LogP contribution >= 0.6 is 0 Å². The molecule has 3 aliphatic heterocycles. The number of fused-ring (bicyclic) bond motifs is 2. The molecule has 0 radical (unpaired) electrons. The third-order valence-electron chi connectivity index (χ3n) is 7.00. The Balaban J connectivity index is 1.40. The Morgan fingerprint density at radius 1 is 1.26 bits per heavy atom. The first-order chi connectivity index (χ1) is 17.0. The van der Waals surface area contributed by atoms with E-state index in [0.717, 1.165) is 17.0 Å². The van der Waals surface area contributed by atoms with Crippen molar-refractivity contribution in [1.29, 1.82) is 0 Å². The molecule has 182 valence electrons. The summed E-state index contributed by atoms with van der Waals surface area (Å²) in [6, 6.07) is 5.14. The second kappa shape index (κ2) is 8.58. The number of anilines is 1. The van der Waals surface area contributed by atoms with E-state index in [9.17, 15) is 14.3 Å². The van der Waals surface area contributed by atoms with Gasteiger partial charge in [-0.15, -0.1) is 0 Å². The summed E-state index contributed by atoms with van der Waals surface area (Å²) < 4.78 is 22.7. The lowest BCUT2D eigenvalue weighted by Crippen LogP contribution is -2.48. The van der Waals surface area contributed by atoms with Crippen molar-refractivity contribution >= 4 is 17.4 Å². The zero-order valence-corrected chi connectivity index (χ0v) is 19.2. The predicted molar refractivity (Wildman–Crippen MR) is 126 cm³/mol. The third kappa shape index (κ3) is 3.62. The van der Waals surface area contributed by atoms with Crippen molar-refractivity contribution in [2.45, 2.75) is 43.6 Å². The van der Waals surface area contributed by atoms with Gasteiger partial charge in [0.25, 0.3) is 5.91 Å². The highest BCUT2D eigenvalue weighted by atomic mass is 19.1. The zero-order valence-electron chi connectivity index (χ0n) is 19.2. The van der Waals surface area contributed by atoms with Crippen molar-refractivity contribution in [3.63, 3.8) is 0 Å². The Bertz CT molecular complexity index is 1370. The number of carbonyl (C=O) groups is 1. The molecule has 1 amide bonds. The molecular weight excluding hydrogens is 453 g/mol. The Kier molecular flexibility index (Phi) is 5.37. The summed E-state index contributed by atoms with van der Waals surface area (Å²) in [6.45, 7) is 0.875.